The number of piperidine rings is 2. The summed E-state index contributed by atoms with van der Waals surface area (Å²) in [4.78, 5) is 15.6. The summed E-state index contributed by atoms with van der Waals surface area (Å²) in [6, 6.07) is 14.4. The second kappa shape index (κ2) is 10.5. The van der Waals surface area contributed by atoms with E-state index in [1.807, 2.05) is 6.92 Å². The molecule has 8 heteroatoms. The van der Waals surface area contributed by atoms with Crippen LogP contribution in [0.4, 0.5) is 5.69 Å². The maximum Gasteiger partial charge on any atom is 0.243 e. The van der Waals surface area contributed by atoms with Crippen molar-refractivity contribution in [1.82, 2.24) is 9.62 Å². The van der Waals surface area contributed by atoms with Crippen LogP contribution in [0.3, 0.4) is 0 Å². The van der Waals surface area contributed by atoms with Crippen LogP contribution in [0.2, 0.25) is 5.02 Å². The van der Waals surface area contributed by atoms with Crippen molar-refractivity contribution < 1.29 is 13.2 Å². The molecule has 33 heavy (non-hydrogen) atoms. The largest absolute Gasteiger partial charge is 0.372 e. The van der Waals surface area contributed by atoms with Gasteiger partial charge < -0.3 is 10.2 Å². The third-order valence-corrected chi connectivity index (χ3v) is 8.81. The van der Waals surface area contributed by atoms with E-state index in [1.165, 1.54) is 41.4 Å². The van der Waals surface area contributed by atoms with Gasteiger partial charge in [-0.05, 0) is 81.0 Å². The maximum absolute atomic E-state index is 13.0. The Morgan fingerprint density at radius 1 is 0.970 bits per heavy atom. The normalized spacial score (nSPS) is 20.9. The van der Waals surface area contributed by atoms with E-state index in [1.54, 1.807) is 12.1 Å². The molecule has 0 saturated carbocycles. The number of halogens is 1. The Kier molecular flexibility index (Phi) is 7.62. The van der Waals surface area contributed by atoms with Gasteiger partial charge in [0.2, 0.25) is 15.9 Å². The zero-order valence-corrected chi connectivity index (χ0v) is 20.6. The molecule has 2 aromatic carbocycles. The first-order valence-electron chi connectivity index (χ1n) is 11.8. The van der Waals surface area contributed by atoms with Crippen LogP contribution < -0.4 is 10.2 Å². The molecule has 0 aromatic heterocycles. The van der Waals surface area contributed by atoms with E-state index in [-0.39, 0.29) is 29.3 Å². The first-order valence-corrected chi connectivity index (χ1v) is 13.6. The van der Waals surface area contributed by atoms with Crippen molar-refractivity contribution in [3.05, 3.63) is 59.1 Å². The third-order valence-electron chi connectivity index (χ3n) is 6.68. The highest BCUT2D eigenvalue weighted by atomic mass is 35.5. The molecule has 1 amide bonds. The van der Waals surface area contributed by atoms with Gasteiger partial charge in [-0.1, -0.05) is 23.7 Å². The van der Waals surface area contributed by atoms with Gasteiger partial charge in [-0.15, -0.1) is 0 Å². The first kappa shape index (κ1) is 24.0. The minimum absolute atomic E-state index is 0.0985. The highest BCUT2D eigenvalue weighted by molar-refractivity contribution is 7.89. The van der Waals surface area contributed by atoms with Gasteiger partial charge in [0, 0.05) is 36.9 Å². The molecule has 2 aliphatic rings. The molecule has 2 atom stereocenters. The molecule has 2 aromatic rings. The molecular weight excluding hydrogens is 458 g/mol. The van der Waals surface area contributed by atoms with E-state index in [2.05, 4.69) is 34.5 Å². The predicted molar refractivity (Wildman–Crippen MR) is 132 cm³/mol. The smallest absolute Gasteiger partial charge is 0.243 e. The summed E-state index contributed by atoms with van der Waals surface area (Å²) in [5.74, 6) is -0.463. The van der Waals surface area contributed by atoms with E-state index in [0.717, 1.165) is 18.7 Å². The summed E-state index contributed by atoms with van der Waals surface area (Å²) < 4.78 is 27.5. The van der Waals surface area contributed by atoms with Crippen molar-refractivity contribution in [1.29, 1.82) is 0 Å². The Morgan fingerprint density at radius 3 is 2.30 bits per heavy atom. The van der Waals surface area contributed by atoms with Crippen molar-refractivity contribution in [2.45, 2.75) is 50.0 Å². The van der Waals surface area contributed by atoms with Gasteiger partial charge >= 0.3 is 0 Å². The van der Waals surface area contributed by atoms with Crippen LogP contribution in [-0.2, 0) is 14.8 Å². The van der Waals surface area contributed by atoms with Gasteiger partial charge in [0.15, 0.2) is 0 Å². The van der Waals surface area contributed by atoms with E-state index in [9.17, 15) is 13.2 Å². The number of nitrogens with zero attached hydrogens (tertiary/aromatic N) is 2. The molecule has 2 heterocycles. The standard InChI is InChI=1S/C25H32ClN3O3S/c1-19(20-7-11-23(12-8-20)28-15-3-2-4-16-28)27-25(30)21-6-5-17-29(18-21)33(31,32)24-13-9-22(26)10-14-24/h7-14,19,21H,2-6,15-18H2,1H3,(H,27,30)/t19-,21+/m1/s1. The van der Waals surface area contributed by atoms with Gasteiger partial charge in [0.1, 0.15) is 0 Å². The number of hydrogen-bond donors (Lipinski definition) is 1. The molecule has 6 nitrogen and oxygen atoms in total. The number of sulfonamides is 1. The number of hydrogen-bond acceptors (Lipinski definition) is 4. The summed E-state index contributed by atoms with van der Waals surface area (Å²) in [6.07, 6.45) is 5.11. The number of carbonyl (C=O) groups excluding carboxylic acids is 1. The lowest BCUT2D eigenvalue weighted by molar-refractivity contribution is -0.126. The van der Waals surface area contributed by atoms with Crippen molar-refractivity contribution >= 4 is 33.2 Å². The third kappa shape index (κ3) is 5.70. The summed E-state index contributed by atoms with van der Waals surface area (Å²) in [6.45, 7) is 4.78. The van der Waals surface area contributed by atoms with Crippen LogP contribution in [0.5, 0.6) is 0 Å². The molecule has 0 bridgehead atoms. The molecule has 4 rings (SSSR count). The van der Waals surface area contributed by atoms with E-state index in [4.69, 9.17) is 11.6 Å². The van der Waals surface area contributed by atoms with Crippen LogP contribution >= 0.6 is 11.6 Å². The molecule has 1 N–H and O–H groups in total. The summed E-state index contributed by atoms with van der Waals surface area (Å²) in [7, 11) is -3.65. The SMILES string of the molecule is C[C@@H](NC(=O)[C@H]1CCCN(S(=O)(=O)c2ccc(Cl)cc2)C1)c1ccc(N2CCCCC2)cc1. The fourth-order valence-electron chi connectivity index (χ4n) is 4.67. The molecule has 0 radical (unpaired) electrons. The molecule has 2 fully saturated rings. The van der Waals surface area contributed by atoms with Crippen LogP contribution in [0, 0.1) is 5.92 Å². The fraction of sp³-hybridized carbons (Fsp3) is 0.480. The summed E-state index contributed by atoms with van der Waals surface area (Å²) in [5.41, 5.74) is 2.28. The molecule has 2 aliphatic heterocycles. The zero-order valence-electron chi connectivity index (χ0n) is 19.0. The van der Waals surface area contributed by atoms with Crippen LogP contribution in [0.1, 0.15) is 50.6 Å². The molecule has 2 saturated heterocycles. The van der Waals surface area contributed by atoms with Crippen LogP contribution in [-0.4, -0.2) is 44.8 Å². The van der Waals surface area contributed by atoms with Crippen LogP contribution in [0.15, 0.2) is 53.4 Å². The fourth-order valence-corrected chi connectivity index (χ4v) is 6.32. The predicted octanol–water partition coefficient (Wildman–Crippen LogP) is 4.61. The zero-order chi connectivity index (χ0) is 23.4. The summed E-state index contributed by atoms with van der Waals surface area (Å²) >= 11 is 5.90. The number of rotatable bonds is 6. The maximum atomic E-state index is 13.0. The quantitative estimate of drug-likeness (QED) is 0.643. The molecule has 0 unspecified atom stereocenters. The highest BCUT2D eigenvalue weighted by Crippen LogP contribution is 2.26. The van der Waals surface area contributed by atoms with Gasteiger partial charge in [0.25, 0.3) is 0 Å². The average Bonchev–Trinajstić information content (AvgIpc) is 2.85. The monoisotopic (exact) mass is 489 g/mol. The van der Waals surface area contributed by atoms with Crippen molar-refractivity contribution in [2.24, 2.45) is 5.92 Å². The summed E-state index contributed by atoms with van der Waals surface area (Å²) in [5, 5.41) is 3.58. The first-order chi connectivity index (χ1) is 15.8. The van der Waals surface area contributed by atoms with Gasteiger partial charge in [-0.25, -0.2) is 8.42 Å². The lowest BCUT2D eigenvalue weighted by Crippen LogP contribution is -2.45. The van der Waals surface area contributed by atoms with Crippen molar-refractivity contribution in [3.63, 3.8) is 0 Å². The Labute approximate surface area is 202 Å². The van der Waals surface area contributed by atoms with E-state index >= 15 is 0 Å². The van der Waals surface area contributed by atoms with E-state index in [0.29, 0.717) is 24.4 Å². The van der Waals surface area contributed by atoms with Gasteiger partial charge in [-0.2, -0.15) is 4.31 Å². The molecule has 0 spiro atoms. The van der Waals surface area contributed by atoms with Gasteiger partial charge in [0.05, 0.1) is 16.9 Å². The minimum Gasteiger partial charge on any atom is -0.372 e. The van der Waals surface area contributed by atoms with Crippen molar-refractivity contribution in [2.75, 3.05) is 31.1 Å². The Hall–Kier alpha value is -2.09. The molecular formula is C25H32ClN3O3S. The Bertz CT molecular complexity index is 1050. The Balaban J connectivity index is 1.37. The number of carbonyl (C=O) groups is 1. The topological polar surface area (TPSA) is 69.7 Å². The number of amides is 1. The van der Waals surface area contributed by atoms with Crippen LogP contribution in [0.25, 0.3) is 0 Å². The van der Waals surface area contributed by atoms with Crippen molar-refractivity contribution in [3.8, 4) is 0 Å². The van der Waals surface area contributed by atoms with Gasteiger partial charge in [-0.3, -0.25) is 4.79 Å². The highest BCUT2D eigenvalue weighted by Gasteiger charge is 2.33. The van der Waals surface area contributed by atoms with E-state index < -0.39 is 10.0 Å². The lowest BCUT2D eigenvalue weighted by Gasteiger charge is -2.32. The number of anilines is 1. The molecule has 0 aliphatic carbocycles. The lowest BCUT2D eigenvalue weighted by atomic mass is 9.97. The average molecular weight is 490 g/mol. The number of nitrogens with one attached hydrogen (secondary N) is 1. The number of benzene rings is 2. The second-order valence-electron chi connectivity index (χ2n) is 9.03. The second-order valence-corrected chi connectivity index (χ2v) is 11.4. The minimum atomic E-state index is -3.65. The Morgan fingerprint density at radius 2 is 1.64 bits per heavy atom. The molecule has 178 valence electrons.